The van der Waals surface area contributed by atoms with E-state index in [1.807, 2.05) is 36.9 Å². The maximum absolute atomic E-state index is 12.4. The minimum absolute atomic E-state index is 0.0162. The molecule has 2 aromatic rings. The number of fused-ring (bicyclic) bond motifs is 1. The molecule has 3 rings (SSSR count). The highest BCUT2D eigenvalue weighted by atomic mass is 16.2. The van der Waals surface area contributed by atoms with E-state index in [9.17, 15) is 9.59 Å². The molecule has 2 heterocycles. The van der Waals surface area contributed by atoms with E-state index < -0.39 is 0 Å². The summed E-state index contributed by atoms with van der Waals surface area (Å²) in [4.78, 5) is 30.8. The molecule has 0 spiro atoms. The van der Waals surface area contributed by atoms with Crippen LogP contribution >= 0.6 is 0 Å². The molecule has 1 N–H and O–H groups in total. The molecule has 0 radical (unpaired) electrons. The number of hydrogen-bond donors (Lipinski definition) is 1. The summed E-state index contributed by atoms with van der Waals surface area (Å²) in [6, 6.07) is 7.76. The average molecular weight is 311 g/mol. The molecule has 120 valence electrons. The van der Waals surface area contributed by atoms with E-state index in [0.29, 0.717) is 5.56 Å². The van der Waals surface area contributed by atoms with Crippen molar-refractivity contribution in [2.75, 3.05) is 13.1 Å². The van der Waals surface area contributed by atoms with Crippen LogP contribution in [0.5, 0.6) is 0 Å². The van der Waals surface area contributed by atoms with Gasteiger partial charge in [-0.3, -0.25) is 14.6 Å². The van der Waals surface area contributed by atoms with Crippen LogP contribution in [0, 0.1) is 6.92 Å². The summed E-state index contributed by atoms with van der Waals surface area (Å²) in [5, 5.41) is 3.55. The fourth-order valence-electron chi connectivity index (χ4n) is 3.11. The van der Waals surface area contributed by atoms with E-state index >= 15 is 0 Å². The van der Waals surface area contributed by atoms with Crippen molar-refractivity contribution in [3.05, 3.63) is 41.6 Å². The monoisotopic (exact) mass is 311 g/mol. The number of aryl methyl sites for hydroxylation is 1. The Morgan fingerprint density at radius 2 is 2.17 bits per heavy atom. The molecule has 0 bridgehead atoms. The highest BCUT2D eigenvalue weighted by Crippen LogP contribution is 2.18. The van der Waals surface area contributed by atoms with Gasteiger partial charge < -0.3 is 10.2 Å². The van der Waals surface area contributed by atoms with Gasteiger partial charge in [-0.25, -0.2) is 0 Å². The first-order valence-electron chi connectivity index (χ1n) is 7.99. The molecule has 23 heavy (non-hydrogen) atoms. The van der Waals surface area contributed by atoms with Crippen LogP contribution in [-0.2, 0) is 4.79 Å². The van der Waals surface area contributed by atoms with Crippen LogP contribution in [0.25, 0.3) is 10.9 Å². The molecule has 1 atom stereocenters. The predicted molar refractivity (Wildman–Crippen MR) is 89.2 cm³/mol. The van der Waals surface area contributed by atoms with Gasteiger partial charge in [-0.2, -0.15) is 0 Å². The van der Waals surface area contributed by atoms with Gasteiger partial charge in [0.1, 0.15) is 0 Å². The Hall–Kier alpha value is -2.43. The van der Waals surface area contributed by atoms with E-state index in [1.54, 1.807) is 12.3 Å². The topological polar surface area (TPSA) is 62.3 Å². The van der Waals surface area contributed by atoms with Gasteiger partial charge in [0.25, 0.3) is 5.91 Å². The maximum atomic E-state index is 12.4. The van der Waals surface area contributed by atoms with Crippen molar-refractivity contribution in [3.8, 4) is 0 Å². The van der Waals surface area contributed by atoms with Gasteiger partial charge in [0, 0.05) is 24.2 Å². The number of aromatic nitrogens is 1. The number of hydrogen-bond acceptors (Lipinski definition) is 3. The molecule has 1 aliphatic rings. The third kappa shape index (κ3) is 3.18. The molecule has 1 aromatic carbocycles. The number of amides is 2. The van der Waals surface area contributed by atoms with E-state index in [1.165, 1.54) is 0 Å². The Kier molecular flexibility index (Phi) is 4.28. The number of likely N-dealkylation sites (tertiary alicyclic amines) is 1. The molecule has 1 unspecified atom stereocenters. The summed E-state index contributed by atoms with van der Waals surface area (Å²) in [6.07, 6.45) is 3.70. The Morgan fingerprint density at radius 1 is 1.35 bits per heavy atom. The number of nitrogens with one attached hydrogen (secondary N) is 1. The highest BCUT2D eigenvalue weighted by molar-refractivity contribution is 6.06. The van der Waals surface area contributed by atoms with E-state index in [2.05, 4.69) is 10.3 Å². The largest absolute Gasteiger partial charge is 0.343 e. The van der Waals surface area contributed by atoms with Crippen molar-refractivity contribution in [2.24, 2.45) is 0 Å². The molecule has 1 saturated heterocycles. The smallest absolute Gasteiger partial charge is 0.252 e. The molecule has 0 saturated carbocycles. The van der Waals surface area contributed by atoms with Gasteiger partial charge in [0.05, 0.1) is 17.6 Å². The Labute approximate surface area is 135 Å². The number of pyridine rings is 1. The molecule has 1 aliphatic heterocycles. The third-order valence-electron chi connectivity index (χ3n) is 4.42. The lowest BCUT2D eigenvalue weighted by molar-refractivity contribution is -0.130. The normalized spacial score (nSPS) is 17.5. The van der Waals surface area contributed by atoms with Gasteiger partial charge in [0.2, 0.25) is 5.91 Å². The van der Waals surface area contributed by atoms with Gasteiger partial charge in [-0.1, -0.05) is 12.1 Å². The van der Waals surface area contributed by atoms with Crippen molar-refractivity contribution in [3.63, 3.8) is 0 Å². The molecular weight excluding hydrogens is 290 g/mol. The molecular formula is C18H21N3O2. The molecule has 5 nitrogen and oxygen atoms in total. The van der Waals surface area contributed by atoms with Gasteiger partial charge in [-0.05, 0) is 44.4 Å². The Morgan fingerprint density at radius 3 is 2.91 bits per heavy atom. The van der Waals surface area contributed by atoms with Crippen LogP contribution in [0.15, 0.2) is 30.5 Å². The van der Waals surface area contributed by atoms with Crippen molar-refractivity contribution >= 4 is 22.7 Å². The van der Waals surface area contributed by atoms with Crippen LogP contribution in [0.4, 0.5) is 0 Å². The zero-order valence-electron chi connectivity index (χ0n) is 13.5. The van der Waals surface area contributed by atoms with E-state index in [-0.39, 0.29) is 24.4 Å². The quantitative estimate of drug-likeness (QED) is 0.946. The van der Waals surface area contributed by atoms with Crippen LogP contribution in [-0.4, -0.2) is 40.8 Å². The van der Waals surface area contributed by atoms with Crippen molar-refractivity contribution < 1.29 is 9.59 Å². The summed E-state index contributed by atoms with van der Waals surface area (Å²) >= 11 is 0. The first-order chi connectivity index (χ1) is 11.1. The lowest BCUT2D eigenvalue weighted by atomic mass is 10.1. The van der Waals surface area contributed by atoms with Gasteiger partial charge in [-0.15, -0.1) is 0 Å². The van der Waals surface area contributed by atoms with Crippen molar-refractivity contribution in [1.82, 2.24) is 15.2 Å². The number of carbonyl (C=O) groups excluding carboxylic acids is 2. The number of carbonyl (C=O) groups is 2. The number of nitrogens with zero attached hydrogens (tertiary/aromatic N) is 2. The van der Waals surface area contributed by atoms with Gasteiger partial charge in [0.15, 0.2) is 0 Å². The zero-order valence-corrected chi connectivity index (χ0v) is 13.5. The first kappa shape index (κ1) is 15.5. The molecule has 1 fully saturated rings. The summed E-state index contributed by atoms with van der Waals surface area (Å²) in [7, 11) is 0. The van der Waals surface area contributed by atoms with Gasteiger partial charge >= 0.3 is 0 Å². The summed E-state index contributed by atoms with van der Waals surface area (Å²) in [5.41, 5.74) is 2.44. The predicted octanol–water partition coefficient (Wildman–Crippen LogP) is 2.28. The Balaban J connectivity index is 1.72. The van der Waals surface area contributed by atoms with Crippen LogP contribution in [0.2, 0.25) is 0 Å². The maximum Gasteiger partial charge on any atom is 0.252 e. The first-order valence-corrected chi connectivity index (χ1v) is 7.99. The molecule has 0 aliphatic carbocycles. The second-order valence-electron chi connectivity index (χ2n) is 6.14. The second kappa shape index (κ2) is 6.36. The fraction of sp³-hybridized carbons (Fsp3) is 0.389. The number of benzene rings is 1. The molecule has 5 heteroatoms. The summed E-state index contributed by atoms with van der Waals surface area (Å²) < 4.78 is 0. The molecule has 1 aromatic heterocycles. The van der Waals surface area contributed by atoms with Crippen LogP contribution in [0.3, 0.4) is 0 Å². The van der Waals surface area contributed by atoms with Crippen molar-refractivity contribution in [2.45, 2.75) is 32.7 Å². The van der Waals surface area contributed by atoms with Crippen LogP contribution in [0.1, 0.15) is 35.7 Å². The number of rotatable bonds is 3. The van der Waals surface area contributed by atoms with Crippen LogP contribution < -0.4 is 5.32 Å². The zero-order chi connectivity index (χ0) is 16.4. The van der Waals surface area contributed by atoms with Crippen molar-refractivity contribution in [1.29, 1.82) is 0 Å². The minimum Gasteiger partial charge on any atom is -0.343 e. The minimum atomic E-state index is -0.235. The molecule has 2 amide bonds. The average Bonchev–Trinajstić information content (AvgIpc) is 2.97. The van der Waals surface area contributed by atoms with E-state index in [0.717, 1.165) is 35.9 Å². The summed E-state index contributed by atoms with van der Waals surface area (Å²) in [6.45, 7) is 4.86. The third-order valence-corrected chi connectivity index (χ3v) is 4.42. The van der Waals surface area contributed by atoms with E-state index in [4.69, 9.17) is 0 Å². The Bertz CT molecular complexity index is 757. The highest BCUT2D eigenvalue weighted by Gasteiger charge is 2.25. The SMILES string of the molecule is Cc1ccc2c(C(=O)NCC(=O)N3CCCC3C)ccnc2c1. The second-order valence-corrected chi connectivity index (χ2v) is 6.14. The lowest BCUT2D eigenvalue weighted by Gasteiger charge is -2.21. The fourth-order valence-corrected chi connectivity index (χ4v) is 3.11. The summed E-state index contributed by atoms with van der Waals surface area (Å²) in [5.74, 6) is -0.251. The lowest BCUT2D eigenvalue weighted by Crippen LogP contribution is -2.41. The standard InChI is InChI=1S/C18H21N3O2/c1-12-5-6-14-15(7-8-19-16(14)10-12)18(23)20-11-17(22)21-9-3-4-13(21)2/h5-8,10,13H,3-4,9,11H2,1-2H3,(H,20,23).